The molecular weight excluding hydrogens is 342 g/mol. The van der Waals surface area contributed by atoms with Crippen LogP contribution in [0, 0.1) is 6.92 Å². The largest absolute Gasteiger partial charge is 0.454 e. The highest BCUT2D eigenvalue weighted by molar-refractivity contribution is 5.94. The van der Waals surface area contributed by atoms with Crippen LogP contribution in [0.5, 0.6) is 11.5 Å². The highest BCUT2D eigenvalue weighted by Crippen LogP contribution is 2.32. The number of carbonyl (C=O) groups excluding carboxylic acids is 1. The number of nitrogens with one attached hydrogen (secondary N) is 1. The number of ether oxygens (including phenoxy) is 2. The molecule has 3 aromatic rings. The number of hydrogen-bond donors (Lipinski definition) is 1. The highest BCUT2D eigenvalue weighted by Gasteiger charge is 2.15. The van der Waals surface area contributed by atoms with Crippen molar-refractivity contribution in [3.8, 4) is 11.5 Å². The Bertz CT molecular complexity index is 974. The third kappa shape index (κ3) is 3.89. The summed E-state index contributed by atoms with van der Waals surface area (Å²) in [7, 11) is 0. The van der Waals surface area contributed by atoms with Crippen molar-refractivity contribution in [2.24, 2.45) is 0 Å². The van der Waals surface area contributed by atoms with Crippen LogP contribution >= 0.6 is 0 Å². The number of nitrogens with zero attached hydrogens (tertiary/aromatic N) is 2. The average molecular weight is 361 g/mol. The molecule has 0 atom stereocenters. The molecule has 27 heavy (non-hydrogen) atoms. The molecule has 0 spiro atoms. The number of hydrogen-bond acceptors (Lipinski definition) is 5. The van der Waals surface area contributed by atoms with E-state index in [1.165, 1.54) is 0 Å². The van der Waals surface area contributed by atoms with E-state index in [-0.39, 0.29) is 12.7 Å². The van der Waals surface area contributed by atoms with Crippen LogP contribution in [-0.2, 0) is 13.0 Å². The molecule has 2 heterocycles. The van der Waals surface area contributed by atoms with Crippen LogP contribution in [0.4, 0.5) is 0 Å². The number of aromatic nitrogens is 2. The first kappa shape index (κ1) is 17.0. The lowest BCUT2D eigenvalue weighted by molar-refractivity contribution is 0.0949. The van der Waals surface area contributed by atoms with Crippen molar-refractivity contribution >= 4 is 5.91 Å². The van der Waals surface area contributed by atoms with Crippen molar-refractivity contribution in [1.82, 2.24) is 15.3 Å². The number of carbonyl (C=O) groups is 1. The Labute approximate surface area is 157 Å². The zero-order valence-electron chi connectivity index (χ0n) is 14.9. The maximum atomic E-state index is 12.5. The Hall–Kier alpha value is -3.41. The van der Waals surface area contributed by atoms with E-state index >= 15 is 0 Å². The summed E-state index contributed by atoms with van der Waals surface area (Å²) >= 11 is 0. The lowest BCUT2D eigenvalue weighted by Gasteiger charge is -2.09. The van der Waals surface area contributed by atoms with Gasteiger partial charge in [-0.15, -0.1) is 0 Å². The topological polar surface area (TPSA) is 73.3 Å². The van der Waals surface area contributed by atoms with Gasteiger partial charge in [0.2, 0.25) is 6.79 Å². The van der Waals surface area contributed by atoms with Crippen LogP contribution in [0.1, 0.15) is 33.0 Å². The molecule has 136 valence electrons. The number of rotatable bonds is 5. The van der Waals surface area contributed by atoms with Crippen LogP contribution in [0.2, 0.25) is 0 Å². The molecule has 1 N–H and O–H groups in total. The summed E-state index contributed by atoms with van der Waals surface area (Å²) in [6, 6.07) is 15.6. The summed E-state index contributed by atoms with van der Waals surface area (Å²) in [5, 5.41) is 2.90. The van der Waals surface area contributed by atoms with E-state index in [0.717, 1.165) is 16.9 Å². The smallest absolute Gasteiger partial charge is 0.254 e. The minimum atomic E-state index is -0.198. The summed E-state index contributed by atoms with van der Waals surface area (Å²) in [5.41, 5.74) is 3.22. The molecule has 0 saturated carbocycles. The van der Waals surface area contributed by atoms with Crippen molar-refractivity contribution in [2.75, 3.05) is 6.79 Å². The van der Waals surface area contributed by atoms with Crippen LogP contribution in [0.3, 0.4) is 0 Å². The molecule has 0 aliphatic carbocycles. The van der Waals surface area contributed by atoms with Gasteiger partial charge in [-0.3, -0.25) is 4.79 Å². The molecular formula is C21H19N3O3. The van der Waals surface area contributed by atoms with E-state index in [1.54, 1.807) is 6.20 Å². The molecule has 6 nitrogen and oxygen atoms in total. The fourth-order valence-electron chi connectivity index (χ4n) is 2.93. The maximum Gasteiger partial charge on any atom is 0.254 e. The van der Waals surface area contributed by atoms with E-state index in [1.807, 2.05) is 55.5 Å². The second kappa shape index (κ2) is 7.45. The van der Waals surface area contributed by atoms with Gasteiger partial charge >= 0.3 is 0 Å². The van der Waals surface area contributed by atoms with Crippen molar-refractivity contribution in [3.63, 3.8) is 0 Å². The van der Waals surface area contributed by atoms with Gasteiger partial charge in [0.15, 0.2) is 11.5 Å². The summed E-state index contributed by atoms with van der Waals surface area (Å²) in [4.78, 5) is 21.3. The lowest BCUT2D eigenvalue weighted by Crippen LogP contribution is -2.24. The third-order valence-corrected chi connectivity index (χ3v) is 4.37. The molecule has 4 rings (SSSR count). The highest BCUT2D eigenvalue weighted by atomic mass is 16.7. The van der Waals surface area contributed by atoms with Gasteiger partial charge in [0.05, 0.1) is 11.3 Å². The summed E-state index contributed by atoms with van der Waals surface area (Å²) < 4.78 is 10.6. The second-order valence-electron chi connectivity index (χ2n) is 6.32. The monoisotopic (exact) mass is 361 g/mol. The van der Waals surface area contributed by atoms with E-state index in [2.05, 4.69) is 15.3 Å². The SMILES string of the molecule is Cc1nc(Cc2ccccc2)ncc1C(=O)NCc1ccc2c(c1)OCO2. The van der Waals surface area contributed by atoms with Crippen LogP contribution in [0.15, 0.2) is 54.7 Å². The van der Waals surface area contributed by atoms with Crippen molar-refractivity contribution in [3.05, 3.63) is 82.9 Å². The van der Waals surface area contributed by atoms with Gasteiger partial charge in [-0.05, 0) is 30.2 Å². The molecule has 0 fully saturated rings. The van der Waals surface area contributed by atoms with E-state index in [9.17, 15) is 4.79 Å². The van der Waals surface area contributed by atoms with E-state index < -0.39 is 0 Å². The first-order chi connectivity index (χ1) is 13.2. The summed E-state index contributed by atoms with van der Waals surface area (Å²) in [5.74, 6) is 1.93. The fraction of sp³-hybridized carbons (Fsp3) is 0.190. The zero-order chi connectivity index (χ0) is 18.6. The van der Waals surface area contributed by atoms with Crippen LogP contribution in [0.25, 0.3) is 0 Å². The van der Waals surface area contributed by atoms with Crippen molar-refractivity contribution < 1.29 is 14.3 Å². The molecule has 1 amide bonds. The Kier molecular flexibility index (Phi) is 4.70. The molecule has 0 radical (unpaired) electrons. The summed E-state index contributed by atoms with van der Waals surface area (Å²) in [6.45, 7) is 2.45. The van der Waals surface area contributed by atoms with Gasteiger partial charge in [0.1, 0.15) is 5.82 Å². The maximum absolute atomic E-state index is 12.5. The van der Waals surface area contributed by atoms with Crippen LogP contribution < -0.4 is 14.8 Å². The predicted molar refractivity (Wildman–Crippen MR) is 99.8 cm³/mol. The average Bonchev–Trinajstić information content (AvgIpc) is 3.15. The number of benzene rings is 2. The molecule has 0 saturated heterocycles. The molecule has 1 aliphatic rings. The van der Waals surface area contributed by atoms with Gasteiger partial charge in [0.25, 0.3) is 5.91 Å². The standard InChI is InChI=1S/C21H19N3O3/c1-14-17(12-22-20(24-14)10-15-5-3-2-4-6-15)21(25)23-11-16-7-8-18-19(9-16)27-13-26-18/h2-9,12H,10-11,13H2,1H3,(H,23,25). The number of aryl methyl sites for hydroxylation is 1. The third-order valence-electron chi connectivity index (χ3n) is 4.37. The Morgan fingerprint density at radius 3 is 2.70 bits per heavy atom. The lowest BCUT2D eigenvalue weighted by atomic mass is 10.1. The first-order valence-corrected chi connectivity index (χ1v) is 8.72. The molecule has 0 unspecified atom stereocenters. The molecule has 0 bridgehead atoms. The molecule has 1 aromatic heterocycles. The van der Waals surface area contributed by atoms with Gasteiger partial charge < -0.3 is 14.8 Å². The Morgan fingerprint density at radius 2 is 1.89 bits per heavy atom. The van der Waals surface area contributed by atoms with Crippen LogP contribution in [-0.4, -0.2) is 22.7 Å². The van der Waals surface area contributed by atoms with Gasteiger partial charge in [-0.25, -0.2) is 9.97 Å². The Morgan fingerprint density at radius 1 is 1.07 bits per heavy atom. The van der Waals surface area contributed by atoms with E-state index in [4.69, 9.17) is 9.47 Å². The molecule has 2 aromatic carbocycles. The molecule has 6 heteroatoms. The minimum Gasteiger partial charge on any atom is -0.454 e. The van der Waals surface area contributed by atoms with Crippen molar-refractivity contribution in [1.29, 1.82) is 0 Å². The molecule has 1 aliphatic heterocycles. The second-order valence-corrected chi connectivity index (χ2v) is 6.32. The van der Waals surface area contributed by atoms with Gasteiger partial charge in [-0.2, -0.15) is 0 Å². The first-order valence-electron chi connectivity index (χ1n) is 8.72. The van der Waals surface area contributed by atoms with E-state index in [0.29, 0.717) is 35.8 Å². The minimum absolute atomic E-state index is 0.198. The van der Waals surface area contributed by atoms with Gasteiger partial charge in [-0.1, -0.05) is 36.4 Å². The zero-order valence-corrected chi connectivity index (χ0v) is 14.9. The van der Waals surface area contributed by atoms with Crippen molar-refractivity contribution in [2.45, 2.75) is 19.9 Å². The fourth-order valence-corrected chi connectivity index (χ4v) is 2.93. The normalized spacial score (nSPS) is 12.0. The van der Waals surface area contributed by atoms with Gasteiger partial charge in [0, 0.05) is 19.2 Å². The summed E-state index contributed by atoms with van der Waals surface area (Å²) in [6.07, 6.45) is 2.23. The predicted octanol–water partition coefficient (Wildman–Crippen LogP) is 3.03. The number of fused-ring (bicyclic) bond motifs is 1. The Balaban J connectivity index is 1.41. The number of amides is 1. The quantitative estimate of drug-likeness (QED) is 0.756.